The number of aromatic nitrogens is 2. The minimum absolute atomic E-state index is 0.710. The number of piperidine rings is 1. The molecule has 18 heavy (non-hydrogen) atoms. The number of nitrogen functional groups attached to an aromatic ring is 1. The second-order valence-electron chi connectivity index (χ2n) is 5.09. The van der Waals surface area contributed by atoms with Gasteiger partial charge in [0.2, 0.25) is 0 Å². The van der Waals surface area contributed by atoms with Crippen LogP contribution in [0, 0.1) is 5.92 Å². The third-order valence-electron chi connectivity index (χ3n) is 3.49. The van der Waals surface area contributed by atoms with Crippen LogP contribution in [0.5, 0.6) is 0 Å². The maximum Gasteiger partial charge on any atom is 0.145 e. The lowest BCUT2D eigenvalue weighted by molar-refractivity contribution is 0.436. The number of nitrogens with zero attached hydrogens (tertiary/aromatic N) is 3. The van der Waals surface area contributed by atoms with E-state index in [-0.39, 0.29) is 0 Å². The second kappa shape index (κ2) is 6.00. The lowest BCUT2D eigenvalue weighted by atomic mass is 9.99. The molecule has 1 aliphatic heterocycles. The zero-order valence-electron chi connectivity index (χ0n) is 11.3. The van der Waals surface area contributed by atoms with Crippen molar-refractivity contribution in [2.75, 3.05) is 23.4 Å². The van der Waals surface area contributed by atoms with Crippen LogP contribution in [0.4, 0.5) is 11.6 Å². The Labute approximate surface area is 109 Å². The van der Waals surface area contributed by atoms with Crippen molar-refractivity contribution in [2.45, 2.75) is 39.5 Å². The van der Waals surface area contributed by atoms with Crippen LogP contribution < -0.4 is 16.2 Å². The molecule has 0 bridgehead atoms. The fourth-order valence-corrected chi connectivity index (χ4v) is 2.29. The first-order chi connectivity index (χ1) is 8.72. The topological polar surface area (TPSA) is 67.1 Å². The number of anilines is 2. The average molecular weight is 249 g/mol. The van der Waals surface area contributed by atoms with Crippen molar-refractivity contribution < 1.29 is 0 Å². The maximum atomic E-state index is 5.48. The highest BCUT2D eigenvalue weighted by atomic mass is 15.3. The second-order valence-corrected chi connectivity index (χ2v) is 5.09. The molecular weight excluding hydrogens is 226 g/mol. The number of rotatable bonds is 4. The number of nitrogens with two attached hydrogens (primary N) is 1. The predicted molar refractivity (Wildman–Crippen MR) is 74.4 cm³/mol. The van der Waals surface area contributed by atoms with Gasteiger partial charge in [-0.2, -0.15) is 0 Å². The molecule has 0 aliphatic carbocycles. The van der Waals surface area contributed by atoms with E-state index in [1.165, 1.54) is 12.8 Å². The Balaban J connectivity index is 2.17. The monoisotopic (exact) mass is 249 g/mol. The average Bonchev–Trinajstić information content (AvgIpc) is 2.39. The van der Waals surface area contributed by atoms with Crippen molar-refractivity contribution in [1.29, 1.82) is 0 Å². The molecule has 100 valence electrons. The summed E-state index contributed by atoms with van der Waals surface area (Å²) in [6.45, 7) is 6.60. The smallest absolute Gasteiger partial charge is 0.145 e. The van der Waals surface area contributed by atoms with Gasteiger partial charge >= 0.3 is 0 Å². The highest BCUT2D eigenvalue weighted by Gasteiger charge is 2.18. The molecule has 2 rings (SSSR count). The van der Waals surface area contributed by atoms with Crippen molar-refractivity contribution in [3.63, 3.8) is 0 Å². The Morgan fingerprint density at radius 2 is 2.11 bits per heavy atom. The highest BCUT2D eigenvalue weighted by molar-refractivity contribution is 5.49. The van der Waals surface area contributed by atoms with E-state index in [0.29, 0.717) is 5.82 Å². The van der Waals surface area contributed by atoms with Crippen molar-refractivity contribution >= 4 is 11.6 Å². The number of nitrogens with one attached hydrogen (secondary N) is 1. The molecule has 0 unspecified atom stereocenters. The molecule has 0 saturated carbocycles. The van der Waals surface area contributed by atoms with E-state index in [9.17, 15) is 0 Å². The van der Waals surface area contributed by atoms with Gasteiger partial charge < -0.3 is 10.3 Å². The van der Waals surface area contributed by atoms with Crippen LogP contribution in [0.15, 0.2) is 6.07 Å². The fourth-order valence-electron chi connectivity index (χ4n) is 2.29. The van der Waals surface area contributed by atoms with Crippen LogP contribution in [0.25, 0.3) is 0 Å². The Hall–Kier alpha value is -1.36. The zero-order chi connectivity index (χ0) is 13.0. The first kappa shape index (κ1) is 13.1. The highest BCUT2D eigenvalue weighted by Crippen LogP contribution is 2.23. The summed E-state index contributed by atoms with van der Waals surface area (Å²) in [4.78, 5) is 11.4. The lowest BCUT2D eigenvalue weighted by Crippen LogP contribution is -2.33. The van der Waals surface area contributed by atoms with Gasteiger partial charge in [0.1, 0.15) is 17.5 Å². The summed E-state index contributed by atoms with van der Waals surface area (Å²) in [6.07, 6.45) is 4.41. The third kappa shape index (κ3) is 3.10. The van der Waals surface area contributed by atoms with Crippen molar-refractivity contribution in [3.8, 4) is 0 Å². The standard InChI is InChI=1S/C13H23N5/c1-3-4-11-15-12(17-14)9-13(16-11)18-7-5-10(2)6-8-18/h9-10H,3-8,14H2,1-2H3,(H,15,16,17). The van der Waals surface area contributed by atoms with E-state index in [0.717, 1.165) is 43.5 Å². The van der Waals surface area contributed by atoms with Crippen LogP contribution >= 0.6 is 0 Å². The Morgan fingerprint density at radius 1 is 1.39 bits per heavy atom. The van der Waals surface area contributed by atoms with E-state index in [2.05, 4.69) is 34.1 Å². The molecule has 2 heterocycles. The molecule has 0 aromatic carbocycles. The minimum Gasteiger partial charge on any atom is -0.356 e. The lowest BCUT2D eigenvalue weighted by Gasteiger charge is -2.31. The van der Waals surface area contributed by atoms with Gasteiger partial charge in [-0.15, -0.1) is 0 Å². The molecule has 1 aromatic heterocycles. The van der Waals surface area contributed by atoms with Crippen LogP contribution in [0.3, 0.4) is 0 Å². The molecule has 0 amide bonds. The van der Waals surface area contributed by atoms with Gasteiger partial charge in [0.05, 0.1) is 0 Å². The predicted octanol–water partition coefficient (Wildman–Crippen LogP) is 1.95. The van der Waals surface area contributed by atoms with Gasteiger partial charge in [0, 0.05) is 25.6 Å². The molecule has 0 atom stereocenters. The fraction of sp³-hybridized carbons (Fsp3) is 0.692. The van der Waals surface area contributed by atoms with Crippen LogP contribution in [-0.4, -0.2) is 23.1 Å². The SMILES string of the molecule is CCCc1nc(NN)cc(N2CCC(C)CC2)n1. The van der Waals surface area contributed by atoms with Gasteiger partial charge in [-0.1, -0.05) is 13.8 Å². The van der Waals surface area contributed by atoms with Crippen LogP contribution in [0.1, 0.15) is 38.9 Å². The Bertz CT molecular complexity index is 385. The Morgan fingerprint density at radius 3 is 2.72 bits per heavy atom. The number of hydrazine groups is 1. The van der Waals surface area contributed by atoms with Crippen LogP contribution in [0.2, 0.25) is 0 Å². The van der Waals surface area contributed by atoms with Gasteiger partial charge in [0.25, 0.3) is 0 Å². The summed E-state index contributed by atoms with van der Waals surface area (Å²) in [5, 5.41) is 0. The van der Waals surface area contributed by atoms with E-state index < -0.39 is 0 Å². The maximum absolute atomic E-state index is 5.48. The first-order valence-electron chi connectivity index (χ1n) is 6.82. The number of hydrogen-bond acceptors (Lipinski definition) is 5. The van der Waals surface area contributed by atoms with E-state index in [1.54, 1.807) is 0 Å². The molecule has 3 N–H and O–H groups in total. The van der Waals surface area contributed by atoms with Crippen molar-refractivity contribution in [3.05, 3.63) is 11.9 Å². The largest absolute Gasteiger partial charge is 0.356 e. The summed E-state index contributed by atoms with van der Waals surface area (Å²) in [5.74, 6) is 8.90. The number of hydrogen-bond donors (Lipinski definition) is 2. The van der Waals surface area contributed by atoms with Gasteiger partial charge in [-0.25, -0.2) is 15.8 Å². The molecule has 1 aliphatic rings. The van der Waals surface area contributed by atoms with Gasteiger partial charge in [-0.05, 0) is 25.2 Å². The van der Waals surface area contributed by atoms with E-state index in [1.807, 2.05) is 6.07 Å². The number of aryl methyl sites for hydroxylation is 1. The Kier molecular flexibility index (Phi) is 4.36. The van der Waals surface area contributed by atoms with E-state index >= 15 is 0 Å². The molecule has 1 fully saturated rings. The molecule has 1 saturated heterocycles. The van der Waals surface area contributed by atoms with Gasteiger partial charge in [-0.3, -0.25) is 0 Å². The van der Waals surface area contributed by atoms with Crippen molar-refractivity contribution in [1.82, 2.24) is 9.97 Å². The summed E-state index contributed by atoms with van der Waals surface area (Å²) < 4.78 is 0. The summed E-state index contributed by atoms with van der Waals surface area (Å²) in [7, 11) is 0. The molecule has 1 aromatic rings. The van der Waals surface area contributed by atoms with Crippen molar-refractivity contribution in [2.24, 2.45) is 11.8 Å². The molecule has 0 radical (unpaired) electrons. The third-order valence-corrected chi connectivity index (χ3v) is 3.49. The zero-order valence-corrected chi connectivity index (χ0v) is 11.3. The summed E-state index contributed by atoms with van der Waals surface area (Å²) >= 11 is 0. The normalized spacial score (nSPS) is 16.9. The summed E-state index contributed by atoms with van der Waals surface area (Å²) in [6, 6.07) is 1.94. The van der Waals surface area contributed by atoms with E-state index in [4.69, 9.17) is 5.84 Å². The quantitative estimate of drug-likeness (QED) is 0.630. The summed E-state index contributed by atoms with van der Waals surface area (Å²) in [5.41, 5.74) is 2.64. The minimum atomic E-state index is 0.710. The molecule has 5 nitrogen and oxygen atoms in total. The first-order valence-corrected chi connectivity index (χ1v) is 6.82. The molecular formula is C13H23N5. The molecule has 0 spiro atoms. The van der Waals surface area contributed by atoms with Crippen LogP contribution in [-0.2, 0) is 6.42 Å². The van der Waals surface area contributed by atoms with Gasteiger partial charge in [0.15, 0.2) is 0 Å². The molecule has 5 heteroatoms.